The molecule has 11 heteroatoms. The number of nitrogens with zero attached hydrogens (tertiary/aromatic N) is 2. The van der Waals surface area contributed by atoms with Crippen molar-refractivity contribution in [2.45, 2.75) is 38.6 Å². The zero-order valence-electron chi connectivity index (χ0n) is 15.9. The number of thioether (sulfide) groups is 1. The Labute approximate surface area is 174 Å². The molecule has 28 heavy (non-hydrogen) atoms. The number of likely N-dealkylation sites (tertiary alicyclic amines) is 1. The summed E-state index contributed by atoms with van der Waals surface area (Å²) >= 11 is 1.26. The number of aromatic nitrogens is 1. The zero-order chi connectivity index (χ0) is 19.6. The van der Waals surface area contributed by atoms with E-state index in [9.17, 15) is 14.4 Å². The van der Waals surface area contributed by atoms with Crippen LogP contribution in [-0.2, 0) is 14.4 Å². The lowest BCUT2D eigenvalue weighted by Crippen LogP contribution is -2.50. The molecule has 4 N–H and O–H groups in total. The van der Waals surface area contributed by atoms with Crippen LogP contribution in [0.15, 0.2) is 10.6 Å². The minimum Gasteiger partial charge on any atom is -0.360 e. The SMILES string of the molecule is Cc1cc(NC(=O)CSCC(=O)N2CCCCC2CNC(=O)CCN)no1.Cl. The molecule has 1 aliphatic rings. The Balaban J connectivity index is 0.00000392. The fourth-order valence-electron chi connectivity index (χ4n) is 2.91. The molecule has 3 amide bonds. The van der Waals surface area contributed by atoms with Gasteiger partial charge in [0, 0.05) is 38.2 Å². The summed E-state index contributed by atoms with van der Waals surface area (Å²) in [6, 6.07) is 1.63. The fraction of sp³-hybridized carbons (Fsp3) is 0.647. The van der Waals surface area contributed by atoms with Crippen molar-refractivity contribution in [3.63, 3.8) is 0 Å². The molecule has 0 saturated carbocycles. The topological polar surface area (TPSA) is 131 Å². The summed E-state index contributed by atoms with van der Waals surface area (Å²) in [5.41, 5.74) is 5.37. The number of anilines is 1. The van der Waals surface area contributed by atoms with Gasteiger partial charge in [-0.3, -0.25) is 14.4 Å². The maximum absolute atomic E-state index is 12.5. The predicted molar refractivity (Wildman–Crippen MR) is 110 cm³/mol. The van der Waals surface area contributed by atoms with E-state index in [1.54, 1.807) is 13.0 Å². The van der Waals surface area contributed by atoms with E-state index in [0.717, 1.165) is 19.3 Å². The molecule has 1 saturated heterocycles. The molecule has 9 nitrogen and oxygen atoms in total. The van der Waals surface area contributed by atoms with Crippen LogP contribution in [0.25, 0.3) is 0 Å². The Hall–Kier alpha value is -1.78. The summed E-state index contributed by atoms with van der Waals surface area (Å²) < 4.78 is 4.89. The average molecular weight is 434 g/mol. The first-order valence-electron chi connectivity index (χ1n) is 9.06. The molecule has 1 fully saturated rings. The van der Waals surface area contributed by atoms with Gasteiger partial charge in [-0.15, -0.1) is 24.2 Å². The molecule has 1 unspecified atom stereocenters. The van der Waals surface area contributed by atoms with Crippen LogP contribution in [0.3, 0.4) is 0 Å². The fourth-order valence-corrected chi connectivity index (χ4v) is 3.61. The Kier molecular flexibility index (Phi) is 10.9. The summed E-state index contributed by atoms with van der Waals surface area (Å²) in [5.74, 6) is 1.02. The number of halogens is 1. The smallest absolute Gasteiger partial charge is 0.235 e. The van der Waals surface area contributed by atoms with Crippen molar-refractivity contribution in [3.8, 4) is 0 Å². The van der Waals surface area contributed by atoms with Gasteiger partial charge in [-0.2, -0.15) is 0 Å². The number of amides is 3. The van der Waals surface area contributed by atoms with Gasteiger partial charge in [0.1, 0.15) is 5.76 Å². The maximum atomic E-state index is 12.5. The molecular weight excluding hydrogens is 406 g/mol. The first kappa shape index (κ1) is 24.3. The molecule has 2 heterocycles. The predicted octanol–water partition coefficient (Wildman–Crippen LogP) is 0.923. The van der Waals surface area contributed by atoms with Gasteiger partial charge in [0.25, 0.3) is 0 Å². The number of hydrogen-bond donors (Lipinski definition) is 3. The van der Waals surface area contributed by atoms with Crippen molar-refractivity contribution < 1.29 is 18.9 Å². The molecule has 1 atom stereocenters. The first-order chi connectivity index (χ1) is 13.0. The van der Waals surface area contributed by atoms with Gasteiger partial charge in [0.2, 0.25) is 17.7 Å². The number of nitrogens with two attached hydrogens (primary N) is 1. The Morgan fingerprint density at radius 1 is 1.32 bits per heavy atom. The van der Waals surface area contributed by atoms with Gasteiger partial charge in [-0.1, -0.05) is 5.16 Å². The molecule has 0 spiro atoms. The summed E-state index contributed by atoms with van der Waals surface area (Å²) in [7, 11) is 0. The number of hydrogen-bond acceptors (Lipinski definition) is 7. The summed E-state index contributed by atoms with van der Waals surface area (Å²) in [4.78, 5) is 37.8. The highest BCUT2D eigenvalue weighted by molar-refractivity contribution is 8.00. The highest BCUT2D eigenvalue weighted by atomic mass is 35.5. The third-order valence-electron chi connectivity index (χ3n) is 4.21. The number of piperidine rings is 1. The van der Waals surface area contributed by atoms with Crippen LogP contribution in [-0.4, -0.2) is 65.0 Å². The third kappa shape index (κ3) is 8.07. The Morgan fingerprint density at radius 3 is 2.79 bits per heavy atom. The van der Waals surface area contributed by atoms with Gasteiger partial charge in [-0.05, 0) is 26.2 Å². The quantitative estimate of drug-likeness (QED) is 0.527. The number of carbonyl (C=O) groups excluding carboxylic acids is 3. The lowest BCUT2D eigenvalue weighted by Gasteiger charge is -2.36. The van der Waals surface area contributed by atoms with E-state index in [4.69, 9.17) is 10.3 Å². The molecule has 0 bridgehead atoms. The van der Waals surface area contributed by atoms with Crippen molar-refractivity contribution in [1.82, 2.24) is 15.4 Å². The van der Waals surface area contributed by atoms with Crippen molar-refractivity contribution >= 4 is 47.7 Å². The number of carbonyl (C=O) groups is 3. The van der Waals surface area contributed by atoms with Crippen LogP contribution in [0.1, 0.15) is 31.4 Å². The highest BCUT2D eigenvalue weighted by Crippen LogP contribution is 2.18. The second-order valence-corrected chi connectivity index (χ2v) is 7.43. The minimum atomic E-state index is -0.231. The molecule has 0 aromatic carbocycles. The van der Waals surface area contributed by atoms with E-state index in [0.29, 0.717) is 31.2 Å². The number of nitrogens with one attached hydrogen (secondary N) is 2. The van der Waals surface area contributed by atoms with E-state index >= 15 is 0 Å². The first-order valence-corrected chi connectivity index (χ1v) is 10.2. The summed E-state index contributed by atoms with van der Waals surface area (Å²) in [5, 5.41) is 9.16. The van der Waals surface area contributed by atoms with Crippen molar-refractivity contribution in [1.29, 1.82) is 0 Å². The molecule has 2 rings (SSSR count). The number of rotatable bonds is 9. The monoisotopic (exact) mass is 433 g/mol. The van der Waals surface area contributed by atoms with Gasteiger partial charge in [0.15, 0.2) is 5.82 Å². The standard InChI is InChI=1S/C17H27N5O4S.ClH/c1-12-8-14(21-26-12)20-16(24)10-27-11-17(25)22-7-3-2-4-13(22)9-19-15(23)5-6-18;/h8,13H,2-7,9-11,18H2,1H3,(H,19,23)(H,20,21,24);1H. The minimum absolute atomic E-state index is 0. The second-order valence-electron chi connectivity index (χ2n) is 6.44. The maximum Gasteiger partial charge on any atom is 0.235 e. The Morgan fingerprint density at radius 2 is 2.11 bits per heavy atom. The normalized spacial score (nSPS) is 16.2. The lowest BCUT2D eigenvalue weighted by molar-refractivity contribution is -0.132. The summed E-state index contributed by atoms with van der Waals surface area (Å²) in [6.45, 7) is 3.18. The van der Waals surface area contributed by atoms with E-state index in [2.05, 4.69) is 15.8 Å². The van der Waals surface area contributed by atoms with Crippen LogP contribution in [0.5, 0.6) is 0 Å². The van der Waals surface area contributed by atoms with Crippen LogP contribution in [0.4, 0.5) is 5.82 Å². The molecular formula is C17H28ClN5O4S. The van der Waals surface area contributed by atoms with Crippen LogP contribution in [0, 0.1) is 6.92 Å². The van der Waals surface area contributed by atoms with Crippen molar-refractivity contribution in [2.24, 2.45) is 5.73 Å². The summed E-state index contributed by atoms with van der Waals surface area (Å²) in [6.07, 6.45) is 3.14. The molecule has 0 radical (unpaired) electrons. The van der Waals surface area contributed by atoms with Crippen molar-refractivity contribution in [2.75, 3.05) is 36.5 Å². The van der Waals surface area contributed by atoms with Gasteiger partial charge >= 0.3 is 0 Å². The lowest BCUT2D eigenvalue weighted by atomic mass is 10.0. The molecule has 1 aromatic heterocycles. The van der Waals surface area contributed by atoms with E-state index in [1.165, 1.54) is 11.8 Å². The van der Waals surface area contributed by atoms with E-state index in [1.807, 2.05) is 4.90 Å². The third-order valence-corrected chi connectivity index (χ3v) is 5.13. The van der Waals surface area contributed by atoms with Gasteiger partial charge < -0.3 is 25.8 Å². The molecule has 158 valence electrons. The van der Waals surface area contributed by atoms with Crippen LogP contribution < -0.4 is 16.4 Å². The van der Waals surface area contributed by atoms with Gasteiger partial charge in [0.05, 0.1) is 11.5 Å². The molecule has 1 aliphatic heterocycles. The van der Waals surface area contributed by atoms with Crippen LogP contribution in [0.2, 0.25) is 0 Å². The number of aryl methyl sites for hydroxylation is 1. The van der Waals surface area contributed by atoms with Crippen LogP contribution >= 0.6 is 24.2 Å². The second kappa shape index (κ2) is 12.6. The largest absolute Gasteiger partial charge is 0.360 e. The zero-order valence-corrected chi connectivity index (χ0v) is 17.6. The Bertz CT molecular complexity index is 657. The molecule has 1 aromatic rings. The molecule has 0 aliphatic carbocycles. The average Bonchev–Trinajstić information content (AvgIpc) is 3.05. The highest BCUT2D eigenvalue weighted by Gasteiger charge is 2.26. The van der Waals surface area contributed by atoms with E-state index < -0.39 is 0 Å². The van der Waals surface area contributed by atoms with Crippen molar-refractivity contribution in [3.05, 3.63) is 11.8 Å². The van der Waals surface area contributed by atoms with E-state index in [-0.39, 0.29) is 54.1 Å². The van der Waals surface area contributed by atoms with Gasteiger partial charge in [-0.25, -0.2) is 0 Å².